The van der Waals surface area contributed by atoms with E-state index in [1.165, 1.54) is 11.8 Å². The first-order valence-electron chi connectivity index (χ1n) is 11.1. The van der Waals surface area contributed by atoms with E-state index in [1.807, 2.05) is 68.4 Å². The standard InChI is InChI=1S/C26H23Cl3N4O2S/c1-3-34-25-12-18(8-11-24(25)35-15-19-6-4-5-7-22(19)28)14-30-33-17(2)31-32-26(33)36-16-20-9-10-21(27)13-23(20)29/h4-14H,3,15-16H2,1-2H3/b30-14+. The molecule has 0 radical (unpaired) electrons. The predicted molar refractivity (Wildman–Crippen MR) is 147 cm³/mol. The number of rotatable bonds is 10. The van der Waals surface area contributed by atoms with Gasteiger partial charge in [0.25, 0.3) is 0 Å². The first-order chi connectivity index (χ1) is 17.4. The van der Waals surface area contributed by atoms with Crippen molar-refractivity contribution in [3.05, 3.63) is 98.2 Å². The van der Waals surface area contributed by atoms with Crippen molar-refractivity contribution in [1.29, 1.82) is 0 Å². The average molecular weight is 562 g/mol. The molecule has 36 heavy (non-hydrogen) atoms. The quantitative estimate of drug-likeness (QED) is 0.147. The predicted octanol–water partition coefficient (Wildman–Crippen LogP) is 7.70. The minimum atomic E-state index is 0.339. The summed E-state index contributed by atoms with van der Waals surface area (Å²) >= 11 is 20.0. The van der Waals surface area contributed by atoms with Gasteiger partial charge in [0, 0.05) is 26.4 Å². The number of halogens is 3. The van der Waals surface area contributed by atoms with Crippen molar-refractivity contribution in [3.63, 3.8) is 0 Å². The van der Waals surface area contributed by atoms with Crippen LogP contribution in [0.15, 0.2) is 70.9 Å². The van der Waals surface area contributed by atoms with Crippen LogP contribution in [0.2, 0.25) is 15.1 Å². The van der Waals surface area contributed by atoms with E-state index in [-0.39, 0.29) is 0 Å². The molecule has 1 aromatic heterocycles. The van der Waals surface area contributed by atoms with E-state index in [2.05, 4.69) is 15.3 Å². The third-order valence-electron chi connectivity index (χ3n) is 5.07. The maximum atomic E-state index is 6.30. The van der Waals surface area contributed by atoms with E-state index in [1.54, 1.807) is 17.0 Å². The van der Waals surface area contributed by atoms with Gasteiger partial charge in [-0.1, -0.05) is 70.8 Å². The Morgan fingerprint density at radius 3 is 2.53 bits per heavy atom. The summed E-state index contributed by atoms with van der Waals surface area (Å²) in [6.07, 6.45) is 1.73. The van der Waals surface area contributed by atoms with E-state index >= 15 is 0 Å². The van der Waals surface area contributed by atoms with E-state index < -0.39 is 0 Å². The SMILES string of the molecule is CCOc1cc(/C=N/n2c(C)nnc2SCc2ccc(Cl)cc2Cl)ccc1OCc1ccccc1Cl. The summed E-state index contributed by atoms with van der Waals surface area (Å²) in [5.41, 5.74) is 2.70. The van der Waals surface area contributed by atoms with E-state index in [4.69, 9.17) is 44.3 Å². The maximum Gasteiger partial charge on any atom is 0.212 e. The van der Waals surface area contributed by atoms with Gasteiger partial charge in [0.15, 0.2) is 17.3 Å². The number of nitrogens with zero attached hydrogens (tertiary/aromatic N) is 4. The third-order valence-corrected chi connectivity index (χ3v) is 6.99. The molecular weight excluding hydrogens is 539 g/mol. The Morgan fingerprint density at radius 1 is 0.917 bits per heavy atom. The molecule has 0 aliphatic rings. The van der Waals surface area contributed by atoms with Crippen molar-refractivity contribution in [2.24, 2.45) is 5.10 Å². The summed E-state index contributed by atoms with van der Waals surface area (Å²) in [6, 6.07) is 18.7. The van der Waals surface area contributed by atoms with Crippen molar-refractivity contribution < 1.29 is 9.47 Å². The molecule has 186 valence electrons. The highest BCUT2D eigenvalue weighted by Crippen LogP contribution is 2.30. The minimum Gasteiger partial charge on any atom is -0.490 e. The van der Waals surface area contributed by atoms with Crippen LogP contribution >= 0.6 is 46.6 Å². The molecule has 6 nitrogen and oxygen atoms in total. The van der Waals surface area contributed by atoms with Crippen molar-refractivity contribution in [2.75, 3.05) is 6.61 Å². The van der Waals surface area contributed by atoms with Crippen LogP contribution in [-0.4, -0.2) is 27.7 Å². The van der Waals surface area contributed by atoms with Gasteiger partial charge in [-0.05, 0) is 61.4 Å². The second-order valence-electron chi connectivity index (χ2n) is 7.63. The Kier molecular flexibility index (Phi) is 9.15. The molecule has 0 amide bonds. The Bertz CT molecular complexity index is 1380. The molecule has 1 heterocycles. The van der Waals surface area contributed by atoms with E-state index in [0.29, 0.717) is 56.5 Å². The molecule has 0 unspecified atom stereocenters. The fourth-order valence-electron chi connectivity index (χ4n) is 3.23. The molecule has 0 atom stereocenters. The summed E-state index contributed by atoms with van der Waals surface area (Å²) < 4.78 is 13.5. The average Bonchev–Trinajstić information content (AvgIpc) is 3.21. The number of aryl methyl sites for hydroxylation is 1. The van der Waals surface area contributed by atoms with Gasteiger partial charge in [-0.25, -0.2) is 0 Å². The second kappa shape index (κ2) is 12.5. The van der Waals surface area contributed by atoms with Crippen molar-refractivity contribution >= 4 is 52.8 Å². The Hall–Kier alpha value is -2.71. The molecule has 0 bridgehead atoms. The molecule has 4 rings (SSSR count). The number of thioether (sulfide) groups is 1. The molecule has 0 saturated heterocycles. The number of aromatic nitrogens is 3. The summed E-state index contributed by atoms with van der Waals surface area (Å²) in [5, 5.41) is 15.5. The van der Waals surface area contributed by atoms with Crippen LogP contribution in [0.25, 0.3) is 0 Å². The monoisotopic (exact) mass is 560 g/mol. The Balaban J connectivity index is 1.48. The minimum absolute atomic E-state index is 0.339. The summed E-state index contributed by atoms with van der Waals surface area (Å²) in [7, 11) is 0. The number of hydrogen-bond acceptors (Lipinski definition) is 6. The number of benzene rings is 3. The number of hydrogen-bond donors (Lipinski definition) is 0. The zero-order valence-corrected chi connectivity index (χ0v) is 22.7. The normalized spacial score (nSPS) is 11.2. The fraction of sp³-hybridized carbons (Fsp3) is 0.192. The van der Waals surface area contributed by atoms with Crippen molar-refractivity contribution in [3.8, 4) is 11.5 Å². The molecule has 3 aromatic carbocycles. The molecule has 0 spiro atoms. The van der Waals surface area contributed by atoms with Crippen LogP contribution in [-0.2, 0) is 12.4 Å². The highest BCUT2D eigenvalue weighted by Gasteiger charge is 2.12. The molecule has 0 saturated carbocycles. The summed E-state index contributed by atoms with van der Waals surface area (Å²) in [6.45, 7) is 4.61. The van der Waals surface area contributed by atoms with Crippen LogP contribution in [0.5, 0.6) is 11.5 Å². The molecule has 4 aromatic rings. The first kappa shape index (κ1) is 26.4. The highest BCUT2D eigenvalue weighted by atomic mass is 35.5. The third kappa shape index (κ3) is 6.73. The summed E-state index contributed by atoms with van der Waals surface area (Å²) in [4.78, 5) is 0. The van der Waals surface area contributed by atoms with Crippen LogP contribution in [0.4, 0.5) is 0 Å². The zero-order chi connectivity index (χ0) is 25.5. The first-order valence-corrected chi connectivity index (χ1v) is 13.2. The Morgan fingerprint density at radius 2 is 1.75 bits per heavy atom. The van der Waals surface area contributed by atoms with Gasteiger partial charge < -0.3 is 9.47 Å². The van der Waals surface area contributed by atoms with Gasteiger partial charge in [-0.15, -0.1) is 10.2 Å². The van der Waals surface area contributed by atoms with Gasteiger partial charge in [-0.2, -0.15) is 9.78 Å². The van der Waals surface area contributed by atoms with Crippen LogP contribution in [0.1, 0.15) is 29.4 Å². The van der Waals surface area contributed by atoms with E-state index in [0.717, 1.165) is 16.7 Å². The lowest BCUT2D eigenvalue weighted by molar-refractivity contribution is 0.269. The molecule has 10 heteroatoms. The van der Waals surface area contributed by atoms with Crippen LogP contribution < -0.4 is 9.47 Å². The topological polar surface area (TPSA) is 61.5 Å². The van der Waals surface area contributed by atoms with Gasteiger partial charge >= 0.3 is 0 Å². The van der Waals surface area contributed by atoms with Gasteiger partial charge in [0.05, 0.1) is 12.8 Å². The lowest BCUT2D eigenvalue weighted by Gasteiger charge is -2.13. The fourth-order valence-corrected chi connectivity index (χ4v) is 4.91. The zero-order valence-electron chi connectivity index (χ0n) is 19.6. The second-order valence-corrected chi connectivity index (χ2v) is 9.82. The number of ether oxygens (including phenoxy) is 2. The lowest BCUT2D eigenvalue weighted by Crippen LogP contribution is -2.01. The smallest absolute Gasteiger partial charge is 0.212 e. The molecule has 0 fully saturated rings. The maximum absolute atomic E-state index is 6.30. The van der Waals surface area contributed by atoms with Crippen LogP contribution in [0, 0.1) is 6.92 Å². The van der Waals surface area contributed by atoms with Crippen LogP contribution in [0.3, 0.4) is 0 Å². The molecule has 0 aliphatic heterocycles. The lowest BCUT2D eigenvalue weighted by atomic mass is 10.2. The highest BCUT2D eigenvalue weighted by molar-refractivity contribution is 7.98. The van der Waals surface area contributed by atoms with Gasteiger partial charge in [-0.3, -0.25) is 0 Å². The molecular formula is C26H23Cl3N4O2S. The molecule has 0 N–H and O–H groups in total. The van der Waals surface area contributed by atoms with E-state index in [9.17, 15) is 0 Å². The van der Waals surface area contributed by atoms with Gasteiger partial charge in [0.2, 0.25) is 5.16 Å². The Labute approximate surface area is 229 Å². The largest absolute Gasteiger partial charge is 0.490 e. The summed E-state index contributed by atoms with van der Waals surface area (Å²) in [5.74, 6) is 2.53. The molecule has 0 aliphatic carbocycles. The van der Waals surface area contributed by atoms with Crippen molar-refractivity contribution in [1.82, 2.24) is 14.9 Å². The van der Waals surface area contributed by atoms with Gasteiger partial charge in [0.1, 0.15) is 6.61 Å². The van der Waals surface area contributed by atoms with Crippen molar-refractivity contribution in [2.45, 2.75) is 31.4 Å².